The summed E-state index contributed by atoms with van der Waals surface area (Å²) in [5.41, 5.74) is 4.61. The number of benzene rings is 1. The molecule has 21 heavy (non-hydrogen) atoms. The zero-order valence-electron chi connectivity index (χ0n) is 12.7. The molecule has 0 atom stereocenters. The van der Waals surface area contributed by atoms with E-state index >= 15 is 0 Å². The van der Waals surface area contributed by atoms with Crippen molar-refractivity contribution in [1.82, 2.24) is 4.98 Å². The molecule has 0 saturated heterocycles. The van der Waals surface area contributed by atoms with Gasteiger partial charge in [0.25, 0.3) is 0 Å². The van der Waals surface area contributed by atoms with Gasteiger partial charge in [-0.1, -0.05) is 30.2 Å². The van der Waals surface area contributed by atoms with Gasteiger partial charge in [0, 0.05) is 16.4 Å². The molecule has 2 aromatic rings. The number of amides is 1. The van der Waals surface area contributed by atoms with Gasteiger partial charge in [0.2, 0.25) is 5.91 Å². The van der Waals surface area contributed by atoms with Crippen molar-refractivity contribution in [3.63, 3.8) is 0 Å². The average molecular weight is 300 g/mol. The van der Waals surface area contributed by atoms with E-state index in [0.717, 1.165) is 34.1 Å². The average Bonchev–Trinajstić information content (AvgIpc) is 2.67. The van der Waals surface area contributed by atoms with Crippen LogP contribution in [0.4, 0.5) is 5.13 Å². The lowest BCUT2D eigenvalue weighted by atomic mass is 9.85. The van der Waals surface area contributed by atoms with Crippen LogP contribution >= 0.6 is 11.3 Å². The van der Waals surface area contributed by atoms with E-state index in [1.54, 1.807) is 11.3 Å². The Morgan fingerprint density at radius 1 is 1.29 bits per heavy atom. The molecule has 0 radical (unpaired) electrons. The minimum atomic E-state index is 0.127. The number of aryl methyl sites for hydroxylation is 3. The van der Waals surface area contributed by atoms with Crippen molar-refractivity contribution >= 4 is 22.4 Å². The zero-order valence-corrected chi connectivity index (χ0v) is 13.5. The van der Waals surface area contributed by atoms with Gasteiger partial charge in [-0.15, -0.1) is 11.3 Å². The van der Waals surface area contributed by atoms with Gasteiger partial charge in [-0.25, -0.2) is 4.98 Å². The van der Waals surface area contributed by atoms with Crippen LogP contribution in [0.25, 0.3) is 11.3 Å². The largest absolute Gasteiger partial charge is 0.302 e. The summed E-state index contributed by atoms with van der Waals surface area (Å²) in [5.74, 6) is 0.320. The Kier molecular flexibility index (Phi) is 3.81. The molecule has 1 saturated carbocycles. The van der Waals surface area contributed by atoms with Gasteiger partial charge in [-0.3, -0.25) is 4.79 Å². The van der Waals surface area contributed by atoms with Crippen molar-refractivity contribution in [2.75, 3.05) is 5.32 Å². The number of rotatable bonds is 3. The van der Waals surface area contributed by atoms with Crippen LogP contribution in [0, 0.1) is 26.7 Å². The van der Waals surface area contributed by atoms with E-state index in [9.17, 15) is 4.79 Å². The van der Waals surface area contributed by atoms with Crippen LogP contribution in [0.3, 0.4) is 0 Å². The third kappa shape index (κ3) is 2.86. The van der Waals surface area contributed by atoms with Crippen LogP contribution in [0.5, 0.6) is 0 Å². The summed E-state index contributed by atoms with van der Waals surface area (Å²) in [7, 11) is 0. The van der Waals surface area contributed by atoms with Crippen molar-refractivity contribution in [3.05, 3.63) is 34.2 Å². The highest BCUT2D eigenvalue weighted by molar-refractivity contribution is 7.16. The van der Waals surface area contributed by atoms with Gasteiger partial charge in [-0.05, 0) is 39.2 Å². The highest BCUT2D eigenvalue weighted by Gasteiger charge is 2.26. The van der Waals surface area contributed by atoms with Crippen LogP contribution in [0.1, 0.15) is 35.3 Å². The maximum atomic E-state index is 12.0. The predicted octanol–water partition coefficient (Wildman–Crippen LogP) is 4.47. The number of thiazole rings is 1. The third-order valence-electron chi connectivity index (χ3n) is 4.14. The predicted molar refractivity (Wildman–Crippen MR) is 87.7 cm³/mol. The van der Waals surface area contributed by atoms with Crippen molar-refractivity contribution in [3.8, 4) is 11.3 Å². The monoisotopic (exact) mass is 300 g/mol. The van der Waals surface area contributed by atoms with E-state index in [-0.39, 0.29) is 11.8 Å². The zero-order chi connectivity index (χ0) is 15.0. The first-order valence-corrected chi connectivity index (χ1v) is 8.22. The number of nitrogens with one attached hydrogen (secondary N) is 1. The minimum Gasteiger partial charge on any atom is -0.302 e. The molecule has 1 aromatic carbocycles. The molecule has 0 bridgehead atoms. The van der Waals surface area contributed by atoms with E-state index in [1.807, 2.05) is 0 Å². The summed E-state index contributed by atoms with van der Waals surface area (Å²) in [5, 5.41) is 3.70. The standard InChI is InChI=1S/C17H20N2OS/c1-10-7-8-14(11(2)9-10)15-12(3)21-17(18-15)19-16(20)13-5-4-6-13/h7-9,13H,4-6H2,1-3H3,(H,18,19,20). The van der Waals surface area contributed by atoms with E-state index in [1.165, 1.54) is 17.5 Å². The Hall–Kier alpha value is -1.68. The van der Waals surface area contributed by atoms with Crippen LogP contribution in [0.15, 0.2) is 18.2 Å². The summed E-state index contributed by atoms with van der Waals surface area (Å²) >= 11 is 1.56. The summed E-state index contributed by atoms with van der Waals surface area (Å²) in [6.07, 6.45) is 3.20. The number of carbonyl (C=O) groups is 1. The lowest BCUT2D eigenvalue weighted by Crippen LogP contribution is -2.27. The van der Waals surface area contributed by atoms with Crippen LogP contribution in [-0.4, -0.2) is 10.9 Å². The lowest BCUT2D eigenvalue weighted by Gasteiger charge is -2.23. The highest BCUT2D eigenvalue weighted by Crippen LogP contribution is 2.34. The molecule has 1 aliphatic rings. The fourth-order valence-corrected chi connectivity index (χ4v) is 3.49. The molecule has 110 valence electrons. The lowest BCUT2D eigenvalue weighted by molar-refractivity contribution is -0.122. The van der Waals surface area contributed by atoms with Crippen molar-refractivity contribution in [2.24, 2.45) is 5.92 Å². The van der Waals surface area contributed by atoms with E-state index in [0.29, 0.717) is 0 Å². The Labute approximate surface area is 129 Å². The number of hydrogen-bond donors (Lipinski definition) is 1. The normalized spacial score (nSPS) is 14.8. The molecule has 4 heteroatoms. The van der Waals surface area contributed by atoms with Crippen molar-refractivity contribution < 1.29 is 4.79 Å². The first-order chi connectivity index (χ1) is 10.0. The second kappa shape index (κ2) is 5.60. The molecule has 3 nitrogen and oxygen atoms in total. The Morgan fingerprint density at radius 3 is 2.67 bits per heavy atom. The molecule has 1 heterocycles. The number of nitrogens with zero attached hydrogens (tertiary/aromatic N) is 1. The highest BCUT2D eigenvalue weighted by atomic mass is 32.1. The van der Waals surface area contributed by atoms with Gasteiger partial charge >= 0.3 is 0 Å². The molecule has 1 fully saturated rings. The second-order valence-corrected chi connectivity index (χ2v) is 7.06. The van der Waals surface area contributed by atoms with E-state index in [4.69, 9.17) is 0 Å². The number of carbonyl (C=O) groups excluding carboxylic acids is 1. The Bertz CT molecular complexity index is 686. The van der Waals surface area contributed by atoms with E-state index in [2.05, 4.69) is 49.3 Å². The van der Waals surface area contributed by atoms with Gasteiger partial charge in [0.1, 0.15) is 0 Å². The Morgan fingerprint density at radius 2 is 2.05 bits per heavy atom. The van der Waals surface area contributed by atoms with Crippen molar-refractivity contribution in [2.45, 2.75) is 40.0 Å². The SMILES string of the molecule is Cc1ccc(-c2nc(NC(=O)C3CCC3)sc2C)c(C)c1. The maximum absolute atomic E-state index is 12.0. The quantitative estimate of drug-likeness (QED) is 0.908. The van der Waals surface area contributed by atoms with E-state index < -0.39 is 0 Å². The molecular formula is C17H20N2OS. The molecule has 3 rings (SSSR count). The van der Waals surface area contributed by atoms with Gasteiger partial charge in [-0.2, -0.15) is 0 Å². The third-order valence-corrected chi connectivity index (χ3v) is 5.03. The smallest absolute Gasteiger partial charge is 0.229 e. The second-order valence-electron chi connectivity index (χ2n) is 5.86. The summed E-state index contributed by atoms with van der Waals surface area (Å²) in [6.45, 7) is 6.26. The fraction of sp³-hybridized carbons (Fsp3) is 0.412. The fourth-order valence-electron chi connectivity index (χ4n) is 2.66. The number of aromatic nitrogens is 1. The number of hydrogen-bond acceptors (Lipinski definition) is 3. The summed E-state index contributed by atoms with van der Waals surface area (Å²) < 4.78 is 0. The topological polar surface area (TPSA) is 42.0 Å². The first kappa shape index (κ1) is 14.3. The van der Waals surface area contributed by atoms with Crippen LogP contribution in [-0.2, 0) is 4.79 Å². The molecule has 0 spiro atoms. The maximum Gasteiger partial charge on any atom is 0.229 e. The minimum absolute atomic E-state index is 0.127. The Balaban J connectivity index is 1.85. The van der Waals surface area contributed by atoms with Gasteiger partial charge in [0.05, 0.1) is 5.69 Å². The van der Waals surface area contributed by atoms with Gasteiger partial charge < -0.3 is 5.32 Å². The summed E-state index contributed by atoms with van der Waals surface area (Å²) in [4.78, 5) is 17.8. The van der Waals surface area contributed by atoms with Crippen LogP contribution < -0.4 is 5.32 Å². The molecule has 0 unspecified atom stereocenters. The molecule has 1 aliphatic carbocycles. The van der Waals surface area contributed by atoms with Crippen LogP contribution in [0.2, 0.25) is 0 Å². The van der Waals surface area contributed by atoms with Crippen molar-refractivity contribution in [1.29, 1.82) is 0 Å². The number of anilines is 1. The molecule has 1 aromatic heterocycles. The molecule has 1 N–H and O–H groups in total. The molecular weight excluding hydrogens is 280 g/mol. The first-order valence-electron chi connectivity index (χ1n) is 7.40. The van der Waals surface area contributed by atoms with Gasteiger partial charge in [0.15, 0.2) is 5.13 Å². The summed E-state index contributed by atoms with van der Waals surface area (Å²) in [6, 6.07) is 6.39. The molecule has 1 amide bonds. The molecule has 0 aliphatic heterocycles.